The summed E-state index contributed by atoms with van der Waals surface area (Å²) in [6.07, 6.45) is 3.99. The highest BCUT2D eigenvalue weighted by Gasteiger charge is 2.13. The molecule has 1 fully saturated rings. The van der Waals surface area contributed by atoms with Crippen LogP contribution in [0.25, 0.3) is 22.4 Å². The van der Waals surface area contributed by atoms with Gasteiger partial charge in [0.2, 0.25) is 5.88 Å². The normalized spacial score (nSPS) is 15.8. The number of H-pyrrole nitrogens is 1. The number of nitrogens with one attached hydrogen (secondary N) is 1. The van der Waals surface area contributed by atoms with Crippen molar-refractivity contribution in [2.45, 2.75) is 26.7 Å². The fourth-order valence-electron chi connectivity index (χ4n) is 3.77. The molecule has 1 aliphatic heterocycles. The number of likely N-dealkylation sites (N-methyl/N-ethyl adjacent to an activating group) is 1. The van der Waals surface area contributed by atoms with E-state index in [1.54, 1.807) is 6.20 Å². The van der Waals surface area contributed by atoms with E-state index in [1.165, 1.54) is 37.3 Å². The molecule has 0 unspecified atom stereocenters. The van der Waals surface area contributed by atoms with Gasteiger partial charge in [0.15, 0.2) is 0 Å². The SMILES string of the molecule is Cc1ccc2[nH]c(-c3ccnc(OCCCCN4CCN(C)CC4)c3)nc2c1C. The minimum absolute atomic E-state index is 0.662. The Bertz CT molecular complexity index is 959. The van der Waals surface area contributed by atoms with Gasteiger partial charge in [-0.3, -0.25) is 0 Å². The number of rotatable bonds is 7. The van der Waals surface area contributed by atoms with Gasteiger partial charge in [-0.1, -0.05) is 6.07 Å². The van der Waals surface area contributed by atoms with Crippen molar-refractivity contribution in [3.8, 4) is 17.3 Å². The zero-order valence-electron chi connectivity index (χ0n) is 17.7. The van der Waals surface area contributed by atoms with Crippen LogP contribution in [-0.4, -0.2) is 71.1 Å². The van der Waals surface area contributed by atoms with Crippen LogP contribution < -0.4 is 4.74 Å². The summed E-state index contributed by atoms with van der Waals surface area (Å²) in [7, 11) is 2.19. The predicted octanol–water partition coefficient (Wildman–Crippen LogP) is 3.65. The lowest BCUT2D eigenvalue weighted by Gasteiger charge is -2.32. The van der Waals surface area contributed by atoms with Crippen LogP contribution in [0.15, 0.2) is 30.5 Å². The van der Waals surface area contributed by atoms with E-state index >= 15 is 0 Å². The number of piperazine rings is 1. The van der Waals surface area contributed by atoms with Crippen molar-refractivity contribution in [1.29, 1.82) is 0 Å². The number of ether oxygens (including phenoxy) is 1. The largest absolute Gasteiger partial charge is 0.478 e. The van der Waals surface area contributed by atoms with Gasteiger partial charge in [0.25, 0.3) is 0 Å². The highest BCUT2D eigenvalue weighted by Crippen LogP contribution is 2.25. The van der Waals surface area contributed by atoms with E-state index in [0.717, 1.165) is 41.8 Å². The van der Waals surface area contributed by atoms with Crippen LogP contribution in [0, 0.1) is 13.8 Å². The molecule has 0 saturated carbocycles. The number of imidazole rings is 1. The number of aromatic amines is 1. The molecule has 1 aliphatic rings. The van der Waals surface area contributed by atoms with Crippen LogP contribution in [0.1, 0.15) is 24.0 Å². The minimum Gasteiger partial charge on any atom is -0.478 e. The molecule has 29 heavy (non-hydrogen) atoms. The van der Waals surface area contributed by atoms with Crippen LogP contribution >= 0.6 is 0 Å². The van der Waals surface area contributed by atoms with Gasteiger partial charge < -0.3 is 19.5 Å². The average molecular weight is 394 g/mol. The second kappa shape index (κ2) is 8.93. The van der Waals surface area contributed by atoms with Crippen molar-refractivity contribution in [2.75, 3.05) is 46.4 Å². The molecule has 6 nitrogen and oxygen atoms in total. The number of nitrogens with zero attached hydrogens (tertiary/aromatic N) is 4. The summed E-state index contributed by atoms with van der Waals surface area (Å²) in [5, 5.41) is 0. The van der Waals surface area contributed by atoms with Gasteiger partial charge in [-0.15, -0.1) is 0 Å². The van der Waals surface area contributed by atoms with Crippen molar-refractivity contribution in [1.82, 2.24) is 24.8 Å². The van der Waals surface area contributed by atoms with Crippen LogP contribution in [0.3, 0.4) is 0 Å². The topological polar surface area (TPSA) is 57.3 Å². The van der Waals surface area contributed by atoms with E-state index in [9.17, 15) is 0 Å². The molecule has 0 aliphatic carbocycles. The number of aryl methyl sites for hydroxylation is 2. The number of unbranched alkanes of at least 4 members (excludes halogenated alkanes) is 1. The standard InChI is InChI=1S/C23H31N5O/c1-17-6-7-20-22(18(17)2)26-23(25-20)19-8-9-24-21(16-19)29-15-5-4-10-28-13-11-27(3)12-14-28/h6-9,16H,4-5,10-15H2,1-3H3,(H,25,26). The van der Waals surface area contributed by atoms with E-state index in [1.807, 2.05) is 12.1 Å². The Balaban J connectivity index is 1.31. The van der Waals surface area contributed by atoms with Gasteiger partial charge in [0.1, 0.15) is 5.82 Å². The zero-order chi connectivity index (χ0) is 20.2. The lowest BCUT2D eigenvalue weighted by molar-refractivity contribution is 0.149. The molecular weight excluding hydrogens is 362 g/mol. The molecule has 1 N–H and O–H groups in total. The Hall–Kier alpha value is -2.44. The number of benzene rings is 1. The fourth-order valence-corrected chi connectivity index (χ4v) is 3.77. The smallest absolute Gasteiger partial charge is 0.213 e. The maximum absolute atomic E-state index is 5.91. The summed E-state index contributed by atoms with van der Waals surface area (Å²) in [6.45, 7) is 10.8. The third-order valence-electron chi connectivity index (χ3n) is 5.90. The summed E-state index contributed by atoms with van der Waals surface area (Å²) in [6, 6.07) is 8.16. The molecule has 3 heterocycles. The molecule has 0 radical (unpaired) electrons. The second-order valence-corrected chi connectivity index (χ2v) is 8.07. The third kappa shape index (κ3) is 4.77. The average Bonchev–Trinajstić information content (AvgIpc) is 3.17. The summed E-state index contributed by atoms with van der Waals surface area (Å²) in [5.41, 5.74) is 5.57. The van der Waals surface area contributed by atoms with E-state index in [4.69, 9.17) is 9.72 Å². The monoisotopic (exact) mass is 393 g/mol. The van der Waals surface area contributed by atoms with Crippen molar-refractivity contribution in [3.63, 3.8) is 0 Å². The highest BCUT2D eigenvalue weighted by molar-refractivity contribution is 5.83. The first-order valence-electron chi connectivity index (χ1n) is 10.6. The molecule has 0 amide bonds. The molecule has 1 saturated heterocycles. The molecule has 0 spiro atoms. The van der Waals surface area contributed by atoms with Gasteiger partial charge in [-0.25, -0.2) is 9.97 Å². The van der Waals surface area contributed by atoms with Crippen molar-refractivity contribution < 1.29 is 4.74 Å². The molecule has 6 heteroatoms. The first kappa shape index (κ1) is 19.9. The van der Waals surface area contributed by atoms with E-state index < -0.39 is 0 Å². The van der Waals surface area contributed by atoms with Crippen LogP contribution in [0.4, 0.5) is 0 Å². The van der Waals surface area contributed by atoms with Crippen LogP contribution in [0.5, 0.6) is 5.88 Å². The molecule has 3 aromatic rings. The highest BCUT2D eigenvalue weighted by atomic mass is 16.5. The number of hydrogen-bond donors (Lipinski definition) is 1. The molecule has 154 valence electrons. The minimum atomic E-state index is 0.662. The van der Waals surface area contributed by atoms with Crippen LogP contribution in [-0.2, 0) is 0 Å². The molecule has 4 rings (SSSR count). The summed E-state index contributed by atoms with van der Waals surface area (Å²) >= 11 is 0. The molecule has 2 aromatic heterocycles. The molecule has 0 atom stereocenters. The predicted molar refractivity (Wildman–Crippen MR) is 117 cm³/mol. The molecule has 0 bridgehead atoms. The van der Waals surface area contributed by atoms with Crippen LogP contribution in [0.2, 0.25) is 0 Å². The quantitative estimate of drug-likeness (QED) is 0.621. The van der Waals surface area contributed by atoms with E-state index in [-0.39, 0.29) is 0 Å². The maximum atomic E-state index is 5.91. The van der Waals surface area contributed by atoms with Gasteiger partial charge in [-0.05, 0) is 63.5 Å². The molecular formula is C23H31N5O. The lowest BCUT2D eigenvalue weighted by Crippen LogP contribution is -2.44. The number of fused-ring (bicyclic) bond motifs is 1. The fraction of sp³-hybridized carbons (Fsp3) is 0.478. The Morgan fingerprint density at radius 2 is 1.90 bits per heavy atom. The Labute approximate surface area is 172 Å². The van der Waals surface area contributed by atoms with E-state index in [0.29, 0.717) is 12.5 Å². The van der Waals surface area contributed by atoms with Gasteiger partial charge in [0.05, 0.1) is 17.6 Å². The molecule has 1 aromatic carbocycles. The second-order valence-electron chi connectivity index (χ2n) is 8.07. The number of hydrogen-bond acceptors (Lipinski definition) is 5. The first-order chi connectivity index (χ1) is 14.1. The van der Waals surface area contributed by atoms with Gasteiger partial charge in [0, 0.05) is 44.0 Å². The van der Waals surface area contributed by atoms with Gasteiger partial charge >= 0.3 is 0 Å². The first-order valence-corrected chi connectivity index (χ1v) is 10.6. The zero-order valence-corrected chi connectivity index (χ0v) is 17.7. The number of aromatic nitrogens is 3. The van der Waals surface area contributed by atoms with Crippen molar-refractivity contribution in [2.24, 2.45) is 0 Å². The summed E-state index contributed by atoms with van der Waals surface area (Å²) < 4.78 is 5.91. The summed E-state index contributed by atoms with van der Waals surface area (Å²) in [4.78, 5) is 17.5. The van der Waals surface area contributed by atoms with E-state index in [2.05, 4.69) is 52.8 Å². The maximum Gasteiger partial charge on any atom is 0.213 e. The van der Waals surface area contributed by atoms with Crippen molar-refractivity contribution >= 4 is 11.0 Å². The van der Waals surface area contributed by atoms with Gasteiger partial charge in [-0.2, -0.15) is 0 Å². The Kier molecular flexibility index (Phi) is 6.11. The summed E-state index contributed by atoms with van der Waals surface area (Å²) in [5.74, 6) is 1.52. The number of pyridine rings is 1. The lowest BCUT2D eigenvalue weighted by atomic mass is 10.1. The van der Waals surface area contributed by atoms with Crippen molar-refractivity contribution in [3.05, 3.63) is 41.6 Å². The third-order valence-corrected chi connectivity index (χ3v) is 5.90. The Morgan fingerprint density at radius 1 is 1.07 bits per heavy atom. The Morgan fingerprint density at radius 3 is 2.72 bits per heavy atom.